The quantitative estimate of drug-likeness (QED) is 0.593. The Bertz CT molecular complexity index is 453. The standard InChI is InChI=1S/C13H16ClNO2/c1-9(2)6-13(15(16)17)8-11-4-5-12(14)7-10(11)3/h4-5,7-9H,6H2,1-3H3/b13-8-. The number of benzene rings is 1. The van der Waals surface area contributed by atoms with Crippen molar-refractivity contribution < 1.29 is 4.92 Å². The summed E-state index contributed by atoms with van der Waals surface area (Å²) in [6, 6.07) is 5.36. The van der Waals surface area contributed by atoms with Crippen LogP contribution in [-0.4, -0.2) is 4.92 Å². The summed E-state index contributed by atoms with van der Waals surface area (Å²) < 4.78 is 0. The van der Waals surface area contributed by atoms with Crippen molar-refractivity contribution in [2.75, 3.05) is 0 Å². The molecule has 0 heterocycles. The molecular formula is C13H16ClNO2. The van der Waals surface area contributed by atoms with Crippen molar-refractivity contribution >= 4 is 17.7 Å². The van der Waals surface area contributed by atoms with E-state index in [9.17, 15) is 10.1 Å². The molecule has 0 saturated heterocycles. The summed E-state index contributed by atoms with van der Waals surface area (Å²) >= 11 is 5.85. The maximum atomic E-state index is 10.9. The van der Waals surface area contributed by atoms with Gasteiger partial charge in [0.05, 0.1) is 4.92 Å². The summed E-state index contributed by atoms with van der Waals surface area (Å²) in [7, 11) is 0. The lowest BCUT2D eigenvalue weighted by molar-refractivity contribution is -0.427. The smallest absolute Gasteiger partial charge is 0.247 e. The maximum absolute atomic E-state index is 10.9. The van der Waals surface area contributed by atoms with Gasteiger partial charge in [0, 0.05) is 17.5 Å². The van der Waals surface area contributed by atoms with Crippen molar-refractivity contribution in [3.05, 3.63) is 50.2 Å². The molecule has 4 heteroatoms. The van der Waals surface area contributed by atoms with Gasteiger partial charge in [-0.05, 0) is 36.1 Å². The van der Waals surface area contributed by atoms with Crippen LogP contribution in [0.5, 0.6) is 0 Å². The highest BCUT2D eigenvalue weighted by atomic mass is 35.5. The average molecular weight is 254 g/mol. The van der Waals surface area contributed by atoms with Crippen LogP contribution in [0.25, 0.3) is 6.08 Å². The van der Waals surface area contributed by atoms with Gasteiger partial charge in [-0.2, -0.15) is 0 Å². The van der Waals surface area contributed by atoms with Crippen molar-refractivity contribution in [1.82, 2.24) is 0 Å². The predicted molar refractivity (Wildman–Crippen MR) is 70.6 cm³/mol. The number of nitrogens with zero attached hydrogens (tertiary/aromatic N) is 1. The summed E-state index contributed by atoms with van der Waals surface area (Å²) in [5.41, 5.74) is 2.03. The lowest BCUT2D eigenvalue weighted by Gasteiger charge is -2.04. The molecule has 0 aliphatic rings. The third kappa shape index (κ3) is 4.19. The Balaban J connectivity index is 3.08. The number of hydrogen-bond donors (Lipinski definition) is 0. The molecule has 1 aromatic carbocycles. The molecule has 0 bridgehead atoms. The SMILES string of the molecule is Cc1cc(Cl)ccc1/C=C(/CC(C)C)[N+](=O)[O-]. The molecule has 0 unspecified atom stereocenters. The maximum Gasteiger partial charge on any atom is 0.247 e. The number of halogens is 1. The summed E-state index contributed by atoms with van der Waals surface area (Å²) in [5, 5.41) is 11.6. The highest BCUT2D eigenvalue weighted by molar-refractivity contribution is 6.30. The Hall–Kier alpha value is -1.35. The number of nitro groups is 1. The van der Waals surface area contributed by atoms with E-state index in [0.29, 0.717) is 11.4 Å². The molecule has 1 aromatic rings. The zero-order chi connectivity index (χ0) is 13.0. The number of allylic oxidation sites excluding steroid dienone is 1. The monoisotopic (exact) mass is 253 g/mol. The number of hydrogen-bond acceptors (Lipinski definition) is 2. The van der Waals surface area contributed by atoms with Crippen molar-refractivity contribution in [1.29, 1.82) is 0 Å². The molecule has 0 aliphatic heterocycles. The number of aryl methyl sites for hydroxylation is 1. The molecule has 0 radical (unpaired) electrons. The minimum Gasteiger partial charge on any atom is -0.259 e. The summed E-state index contributed by atoms with van der Waals surface area (Å²) in [4.78, 5) is 10.6. The van der Waals surface area contributed by atoms with Crippen LogP contribution >= 0.6 is 11.6 Å². The van der Waals surface area contributed by atoms with Gasteiger partial charge >= 0.3 is 0 Å². The Labute approximate surface area is 106 Å². The van der Waals surface area contributed by atoms with Crippen LogP contribution < -0.4 is 0 Å². The van der Waals surface area contributed by atoms with Gasteiger partial charge in [-0.15, -0.1) is 0 Å². The van der Waals surface area contributed by atoms with Crippen LogP contribution in [0.1, 0.15) is 31.4 Å². The van der Waals surface area contributed by atoms with Crippen LogP contribution in [0, 0.1) is 23.0 Å². The van der Waals surface area contributed by atoms with Crippen molar-refractivity contribution in [3.63, 3.8) is 0 Å². The van der Waals surface area contributed by atoms with Crippen LogP contribution in [0.15, 0.2) is 23.9 Å². The van der Waals surface area contributed by atoms with Gasteiger partial charge in [0.1, 0.15) is 0 Å². The summed E-state index contributed by atoms with van der Waals surface area (Å²) in [5.74, 6) is 0.263. The minimum absolute atomic E-state index is 0.241. The van der Waals surface area contributed by atoms with E-state index in [-0.39, 0.29) is 16.5 Å². The largest absolute Gasteiger partial charge is 0.259 e. The summed E-state index contributed by atoms with van der Waals surface area (Å²) in [6.07, 6.45) is 2.10. The molecule has 0 aliphatic carbocycles. The molecule has 1 rings (SSSR count). The van der Waals surface area contributed by atoms with Crippen LogP contribution in [0.2, 0.25) is 5.02 Å². The second-order valence-corrected chi connectivity index (χ2v) is 4.93. The molecule has 92 valence electrons. The molecule has 0 N–H and O–H groups in total. The topological polar surface area (TPSA) is 43.1 Å². The van der Waals surface area contributed by atoms with Gasteiger partial charge in [-0.1, -0.05) is 31.5 Å². The van der Waals surface area contributed by atoms with E-state index >= 15 is 0 Å². The van der Waals surface area contributed by atoms with Gasteiger partial charge in [-0.3, -0.25) is 10.1 Å². The fourth-order valence-electron chi connectivity index (χ4n) is 1.59. The van der Waals surface area contributed by atoms with Gasteiger partial charge in [0.25, 0.3) is 0 Å². The Kier molecular flexibility index (Phi) is 4.70. The molecule has 17 heavy (non-hydrogen) atoms. The van der Waals surface area contributed by atoms with Crippen LogP contribution in [-0.2, 0) is 0 Å². The Morgan fingerprint density at radius 1 is 1.53 bits per heavy atom. The van der Waals surface area contributed by atoms with E-state index in [1.54, 1.807) is 18.2 Å². The summed E-state index contributed by atoms with van der Waals surface area (Å²) in [6.45, 7) is 5.82. The van der Waals surface area contributed by atoms with E-state index in [1.807, 2.05) is 26.8 Å². The fourth-order valence-corrected chi connectivity index (χ4v) is 1.81. The highest BCUT2D eigenvalue weighted by Gasteiger charge is 2.13. The normalized spacial score (nSPS) is 11.9. The first-order chi connectivity index (χ1) is 7.90. The van der Waals surface area contributed by atoms with Crippen molar-refractivity contribution in [3.8, 4) is 0 Å². The minimum atomic E-state index is -0.311. The third-order valence-corrected chi connectivity index (χ3v) is 2.64. The molecule has 0 saturated carbocycles. The lowest BCUT2D eigenvalue weighted by Crippen LogP contribution is -2.02. The van der Waals surface area contributed by atoms with Crippen molar-refractivity contribution in [2.24, 2.45) is 5.92 Å². The van der Waals surface area contributed by atoms with Crippen LogP contribution in [0.4, 0.5) is 0 Å². The molecule has 0 amide bonds. The van der Waals surface area contributed by atoms with E-state index in [0.717, 1.165) is 11.1 Å². The van der Waals surface area contributed by atoms with E-state index in [2.05, 4.69) is 0 Å². The van der Waals surface area contributed by atoms with Gasteiger partial charge < -0.3 is 0 Å². The first kappa shape index (κ1) is 13.7. The molecular weight excluding hydrogens is 238 g/mol. The second kappa shape index (κ2) is 5.82. The predicted octanol–water partition coefficient (Wildman–Crippen LogP) is 4.31. The molecule has 0 fully saturated rings. The lowest BCUT2D eigenvalue weighted by atomic mass is 10.0. The molecule has 0 atom stereocenters. The van der Waals surface area contributed by atoms with E-state index < -0.39 is 0 Å². The van der Waals surface area contributed by atoms with Gasteiger partial charge in [-0.25, -0.2) is 0 Å². The first-order valence-electron chi connectivity index (χ1n) is 5.51. The van der Waals surface area contributed by atoms with Crippen LogP contribution in [0.3, 0.4) is 0 Å². The number of rotatable bonds is 4. The zero-order valence-corrected chi connectivity index (χ0v) is 11.0. The van der Waals surface area contributed by atoms with Gasteiger partial charge in [0.2, 0.25) is 5.70 Å². The third-order valence-electron chi connectivity index (χ3n) is 2.41. The molecule has 0 spiro atoms. The van der Waals surface area contributed by atoms with E-state index in [4.69, 9.17) is 11.6 Å². The first-order valence-corrected chi connectivity index (χ1v) is 5.89. The Morgan fingerprint density at radius 2 is 2.18 bits per heavy atom. The van der Waals surface area contributed by atoms with Gasteiger partial charge in [0.15, 0.2) is 0 Å². The highest BCUT2D eigenvalue weighted by Crippen LogP contribution is 2.20. The average Bonchev–Trinajstić information content (AvgIpc) is 2.19. The molecule has 0 aromatic heterocycles. The van der Waals surface area contributed by atoms with Crippen molar-refractivity contribution in [2.45, 2.75) is 27.2 Å². The molecule has 3 nitrogen and oxygen atoms in total. The fraction of sp³-hybridized carbons (Fsp3) is 0.385. The Morgan fingerprint density at radius 3 is 2.65 bits per heavy atom. The zero-order valence-electron chi connectivity index (χ0n) is 10.2. The van der Waals surface area contributed by atoms with E-state index in [1.165, 1.54) is 0 Å². The second-order valence-electron chi connectivity index (χ2n) is 4.49.